The Morgan fingerprint density at radius 3 is 3.00 bits per heavy atom. The zero-order chi connectivity index (χ0) is 10.4. The van der Waals surface area contributed by atoms with E-state index in [1.54, 1.807) is 12.1 Å². The zero-order valence-electron chi connectivity index (χ0n) is 8.13. The van der Waals surface area contributed by atoms with Crippen LogP contribution in [0, 0.1) is 0 Å². The van der Waals surface area contributed by atoms with Gasteiger partial charge in [-0.3, -0.25) is 4.79 Å². The number of nitrogens with one attached hydrogen (secondary N) is 1. The lowest BCUT2D eigenvalue weighted by molar-refractivity contribution is 0.0907. The number of hydrogen-bond donors (Lipinski definition) is 1. The highest BCUT2D eigenvalue weighted by Crippen LogP contribution is 2.04. The lowest BCUT2D eigenvalue weighted by Crippen LogP contribution is -2.34. The van der Waals surface area contributed by atoms with E-state index in [4.69, 9.17) is 16.0 Å². The van der Waals surface area contributed by atoms with E-state index in [-0.39, 0.29) is 11.9 Å². The van der Waals surface area contributed by atoms with Crippen LogP contribution in [0.4, 0.5) is 0 Å². The molecule has 0 aromatic carbocycles. The fourth-order valence-corrected chi connectivity index (χ4v) is 1.44. The van der Waals surface area contributed by atoms with Crippen LogP contribution in [0.25, 0.3) is 0 Å². The van der Waals surface area contributed by atoms with Gasteiger partial charge in [0.2, 0.25) is 0 Å². The van der Waals surface area contributed by atoms with Gasteiger partial charge < -0.3 is 9.73 Å². The van der Waals surface area contributed by atoms with Crippen molar-refractivity contribution in [2.45, 2.75) is 25.8 Å². The molecule has 1 heterocycles. The normalized spacial score (nSPS) is 12.4. The topological polar surface area (TPSA) is 42.2 Å². The standard InChI is InChI=1S/C10H14ClNO2/c1-2-8(5-6-11)12-10(13)9-4-3-7-14-9/h3-4,7-8H,2,5-6H2,1H3,(H,12,13). The van der Waals surface area contributed by atoms with Gasteiger partial charge >= 0.3 is 0 Å². The molecule has 0 saturated carbocycles. The molecule has 0 aliphatic heterocycles. The number of rotatable bonds is 5. The fourth-order valence-electron chi connectivity index (χ4n) is 1.17. The zero-order valence-corrected chi connectivity index (χ0v) is 8.88. The van der Waals surface area contributed by atoms with Crippen molar-refractivity contribution in [3.8, 4) is 0 Å². The quantitative estimate of drug-likeness (QED) is 0.767. The first-order chi connectivity index (χ1) is 6.77. The van der Waals surface area contributed by atoms with Crippen LogP contribution in [0.15, 0.2) is 22.8 Å². The third-order valence-electron chi connectivity index (χ3n) is 2.03. The molecule has 1 aromatic heterocycles. The van der Waals surface area contributed by atoms with Crippen molar-refractivity contribution in [3.63, 3.8) is 0 Å². The number of carbonyl (C=O) groups excluding carboxylic acids is 1. The Kier molecular flexibility index (Phi) is 4.53. The van der Waals surface area contributed by atoms with E-state index in [1.165, 1.54) is 6.26 Å². The first kappa shape index (κ1) is 11.1. The lowest BCUT2D eigenvalue weighted by atomic mass is 10.1. The van der Waals surface area contributed by atoms with Crippen molar-refractivity contribution in [2.24, 2.45) is 0 Å². The van der Waals surface area contributed by atoms with Gasteiger partial charge in [-0.25, -0.2) is 0 Å². The van der Waals surface area contributed by atoms with Crippen LogP contribution in [0.5, 0.6) is 0 Å². The highest BCUT2D eigenvalue weighted by atomic mass is 35.5. The molecule has 0 saturated heterocycles. The Morgan fingerprint density at radius 1 is 1.71 bits per heavy atom. The number of alkyl halides is 1. The molecule has 0 fully saturated rings. The maximum atomic E-state index is 11.5. The summed E-state index contributed by atoms with van der Waals surface area (Å²) < 4.78 is 4.97. The molecular weight excluding hydrogens is 202 g/mol. The summed E-state index contributed by atoms with van der Waals surface area (Å²) in [6.07, 6.45) is 3.14. The molecule has 0 aliphatic carbocycles. The van der Waals surface area contributed by atoms with Crippen molar-refractivity contribution in [1.82, 2.24) is 5.32 Å². The third kappa shape index (κ3) is 3.07. The summed E-state index contributed by atoms with van der Waals surface area (Å²) in [5.41, 5.74) is 0. The number of amides is 1. The summed E-state index contributed by atoms with van der Waals surface area (Å²) in [6, 6.07) is 3.46. The Labute approximate surface area is 88.4 Å². The second-order valence-electron chi connectivity index (χ2n) is 3.03. The van der Waals surface area contributed by atoms with Crippen molar-refractivity contribution in [1.29, 1.82) is 0 Å². The molecule has 0 aliphatic rings. The van der Waals surface area contributed by atoms with Gasteiger partial charge in [0.1, 0.15) is 0 Å². The van der Waals surface area contributed by atoms with E-state index in [0.717, 1.165) is 12.8 Å². The van der Waals surface area contributed by atoms with E-state index in [0.29, 0.717) is 11.6 Å². The fraction of sp³-hybridized carbons (Fsp3) is 0.500. The van der Waals surface area contributed by atoms with Gasteiger partial charge in [-0.05, 0) is 25.0 Å². The molecule has 0 bridgehead atoms. The highest BCUT2D eigenvalue weighted by molar-refractivity contribution is 6.17. The average Bonchev–Trinajstić information content (AvgIpc) is 2.69. The lowest BCUT2D eigenvalue weighted by Gasteiger charge is -2.14. The van der Waals surface area contributed by atoms with E-state index in [1.807, 2.05) is 6.92 Å². The van der Waals surface area contributed by atoms with E-state index < -0.39 is 0 Å². The van der Waals surface area contributed by atoms with Crippen LogP contribution in [0.2, 0.25) is 0 Å². The smallest absolute Gasteiger partial charge is 0.287 e. The molecule has 1 amide bonds. The largest absolute Gasteiger partial charge is 0.459 e. The summed E-state index contributed by atoms with van der Waals surface area (Å²) >= 11 is 5.61. The Balaban J connectivity index is 2.47. The SMILES string of the molecule is CCC(CCCl)NC(=O)c1ccco1. The molecule has 1 unspecified atom stereocenters. The second kappa shape index (κ2) is 5.70. The van der Waals surface area contributed by atoms with Crippen LogP contribution in [0.1, 0.15) is 30.3 Å². The van der Waals surface area contributed by atoms with Crippen LogP contribution in [-0.2, 0) is 0 Å². The Bertz CT molecular complexity index is 272. The van der Waals surface area contributed by atoms with Gasteiger partial charge in [-0.15, -0.1) is 11.6 Å². The average molecular weight is 216 g/mol. The molecule has 4 heteroatoms. The molecule has 1 aromatic rings. The summed E-state index contributed by atoms with van der Waals surface area (Å²) in [4.78, 5) is 11.5. The number of furan rings is 1. The van der Waals surface area contributed by atoms with Gasteiger partial charge in [-0.1, -0.05) is 6.92 Å². The molecule has 1 rings (SSSR count). The van der Waals surface area contributed by atoms with Crippen LogP contribution >= 0.6 is 11.6 Å². The molecule has 0 spiro atoms. The van der Waals surface area contributed by atoms with Gasteiger partial charge in [-0.2, -0.15) is 0 Å². The number of hydrogen-bond acceptors (Lipinski definition) is 2. The van der Waals surface area contributed by atoms with E-state index in [2.05, 4.69) is 5.32 Å². The van der Waals surface area contributed by atoms with E-state index in [9.17, 15) is 4.79 Å². The summed E-state index contributed by atoms with van der Waals surface area (Å²) in [7, 11) is 0. The summed E-state index contributed by atoms with van der Waals surface area (Å²) in [6.45, 7) is 2.01. The number of halogens is 1. The molecule has 3 nitrogen and oxygen atoms in total. The molecule has 1 N–H and O–H groups in total. The van der Waals surface area contributed by atoms with Gasteiger partial charge in [0.25, 0.3) is 5.91 Å². The molecule has 14 heavy (non-hydrogen) atoms. The maximum Gasteiger partial charge on any atom is 0.287 e. The van der Waals surface area contributed by atoms with E-state index >= 15 is 0 Å². The molecule has 1 atom stereocenters. The highest BCUT2D eigenvalue weighted by Gasteiger charge is 2.13. The Hall–Kier alpha value is -0.960. The van der Waals surface area contributed by atoms with Crippen LogP contribution in [-0.4, -0.2) is 17.8 Å². The molecule has 78 valence electrons. The predicted molar refractivity (Wildman–Crippen MR) is 55.6 cm³/mol. The molecular formula is C10H14ClNO2. The van der Waals surface area contributed by atoms with Crippen molar-refractivity contribution in [3.05, 3.63) is 24.2 Å². The van der Waals surface area contributed by atoms with Crippen molar-refractivity contribution < 1.29 is 9.21 Å². The first-order valence-corrected chi connectivity index (χ1v) is 5.21. The monoisotopic (exact) mass is 215 g/mol. The minimum Gasteiger partial charge on any atom is -0.459 e. The maximum absolute atomic E-state index is 11.5. The van der Waals surface area contributed by atoms with Crippen molar-refractivity contribution in [2.75, 3.05) is 5.88 Å². The third-order valence-corrected chi connectivity index (χ3v) is 2.25. The van der Waals surface area contributed by atoms with Crippen LogP contribution < -0.4 is 5.32 Å². The second-order valence-corrected chi connectivity index (χ2v) is 3.41. The number of carbonyl (C=O) groups is 1. The molecule has 0 radical (unpaired) electrons. The summed E-state index contributed by atoms with van der Waals surface area (Å²) in [5, 5.41) is 2.85. The Morgan fingerprint density at radius 2 is 2.50 bits per heavy atom. The summed E-state index contributed by atoms with van der Waals surface area (Å²) in [5.74, 6) is 0.724. The van der Waals surface area contributed by atoms with Gasteiger partial charge in [0, 0.05) is 11.9 Å². The minimum absolute atomic E-state index is 0.130. The van der Waals surface area contributed by atoms with Crippen molar-refractivity contribution >= 4 is 17.5 Å². The first-order valence-electron chi connectivity index (χ1n) is 4.68. The predicted octanol–water partition coefficient (Wildman–Crippen LogP) is 2.42. The van der Waals surface area contributed by atoms with Crippen LogP contribution in [0.3, 0.4) is 0 Å². The minimum atomic E-state index is -0.174. The van der Waals surface area contributed by atoms with Gasteiger partial charge in [0.05, 0.1) is 6.26 Å². The van der Waals surface area contributed by atoms with Gasteiger partial charge in [0.15, 0.2) is 5.76 Å².